The van der Waals surface area contributed by atoms with Crippen molar-refractivity contribution in [3.63, 3.8) is 0 Å². The van der Waals surface area contributed by atoms with Crippen molar-refractivity contribution in [1.82, 2.24) is 20.4 Å². The molecule has 1 aromatic heterocycles. The van der Waals surface area contributed by atoms with E-state index in [0.29, 0.717) is 24.4 Å². The summed E-state index contributed by atoms with van der Waals surface area (Å²) in [6.07, 6.45) is 1.22. The van der Waals surface area contributed by atoms with E-state index in [1.807, 2.05) is 30.3 Å². The monoisotopic (exact) mass is 344 g/mol. The van der Waals surface area contributed by atoms with E-state index in [1.54, 1.807) is 11.8 Å². The molecule has 8 heteroatoms. The number of benzene rings is 1. The Balaban J connectivity index is 1.46. The zero-order valence-electron chi connectivity index (χ0n) is 12.9. The van der Waals surface area contributed by atoms with Crippen LogP contribution in [0.3, 0.4) is 0 Å². The minimum atomic E-state index is -0.741. The van der Waals surface area contributed by atoms with Crippen molar-refractivity contribution in [3.05, 3.63) is 47.6 Å². The van der Waals surface area contributed by atoms with Crippen LogP contribution in [0, 0.1) is 0 Å². The number of nitrogens with zero attached hydrogens (tertiary/aromatic N) is 3. The number of nitrogens with one attached hydrogen (secondary N) is 1. The van der Waals surface area contributed by atoms with Crippen LogP contribution in [0.25, 0.3) is 0 Å². The van der Waals surface area contributed by atoms with Gasteiger partial charge in [0.25, 0.3) is 5.91 Å². The van der Waals surface area contributed by atoms with Gasteiger partial charge in [-0.05, 0) is 17.7 Å². The first-order chi connectivity index (χ1) is 11.7. The number of urea groups is 1. The maximum Gasteiger partial charge on any atom is 0.325 e. The molecule has 4 rings (SSSR count). The minimum absolute atomic E-state index is 0.0128. The Kier molecular flexibility index (Phi) is 3.76. The first-order valence-corrected chi connectivity index (χ1v) is 8.89. The van der Waals surface area contributed by atoms with E-state index >= 15 is 0 Å². The van der Waals surface area contributed by atoms with Crippen LogP contribution in [-0.4, -0.2) is 44.0 Å². The SMILES string of the molecule is O=C1NC2(CCSC2)C(=O)N1Cc1nc(Cc2ccccc2)no1. The highest BCUT2D eigenvalue weighted by Crippen LogP contribution is 2.33. The lowest BCUT2D eigenvalue weighted by atomic mass is 9.99. The van der Waals surface area contributed by atoms with Gasteiger partial charge in [-0.1, -0.05) is 35.5 Å². The van der Waals surface area contributed by atoms with Crippen molar-refractivity contribution in [3.8, 4) is 0 Å². The smallest absolute Gasteiger partial charge is 0.325 e. The summed E-state index contributed by atoms with van der Waals surface area (Å²) in [5.74, 6) is 2.11. The maximum absolute atomic E-state index is 12.6. The summed E-state index contributed by atoms with van der Waals surface area (Å²) in [6.45, 7) is 0.0128. The summed E-state index contributed by atoms with van der Waals surface area (Å²) in [5, 5.41) is 6.76. The third-order valence-corrected chi connectivity index (χ3v) is 5.47. The normalized spacial score (nSPS) is 23.2. The molecule has 2 fully saturated rings. The van der Waals surface area contributed by atoms with Gasteiger partial charge < -0.3 is 9.84 Å². The Bertz CT molecular complexity index is 771. The molecule has 2 saturated heterocycles. The second kappa shape index (κ2) is 5.94. The molecule has 124 valence electrons. The fourth-order valence-electron chi connectivity index (χ4n) is 2.99. The number of carbonyl (C=O) groups excluding carboxylic acids is 2. The van der Waals surface area contributed by atoms with Crippen molar-refractivity contribution in [2.75, 3.05) is 11.5 Å². The number of rotatable bonds is 4. The van der Waals surface area contributed by atoms with E-state index in [9.17, 15) is 9.59 Å². The molecule has 2 aliphatic rings. The average molecular weight is 344 g/mol. The predicted octanol–water partition coefficient (Wildman–Crippen LogP) is 1.59. The predicted molar refractivity (Wildman–Crippen MR) is 87.3 cm³/mol. The number of imide groups is 1. The molecule has 1 aromatic carbocycles. The van der Waals surface area contributed by atoms with E-state index in [2.05, 4.69) is 15.5 Å². The lowest BCUT2D eigenvalue weighted by molar-refractivity contribution is -0.131. The van der Waals surface area contributed by atoms with E-state index in [4.69, 9.17) is 4.52 Å². The topological polar surface area (TPSA) is 88.3 Å². The maximum atomic E-state index is 12.6. The minimum Gasteiger partial charge on any atom is -0.337 e. The van der Waals surface area contributed by atoms with Gasteiger partial charge in [-0.2, -0.15) is 16.7 Å². The molecule has 0 saturated carbocycles. The van der Waals surface area contributed by atoms with Crippen LogP contribution in [0.15, 0.2) is 34.9 Å². The standard InChI is InChI=1S/C16H16N4O3S/c21-14-16(6-7-24-10-16)18-15(22)20(14)9-13-17-12(19-23-13)8-11-4-2-1-3-5-11/h1-5H,6-10H2,(H,18,22). The van der Waals surface area contributed by atoms with Crippen molar-refractivity contribution in [2.24, 2.45) is 0 Å². The number of aromatic nitrogens is 2. The quantitative estimate of drug-likeness (QED) is 0.848. The van der Waals surface area contributed by atoms with E-state index in [0.717, 1.165) is 11.3 Å². The van der Waals surface area contributed by atoms with Gasteiger partial charge in [0.2, 0.25) is 5.89 Å². The van der Waals surface area contributed by atoms with Gasteiger partial charge in [-0.3, -0.25) is 9.69 Å². The average Bonchev–Trinajstić information content (AvgIpc) is 3.27. The zero-order valence-corrected chi connectivity index (χ0v) is 13.7. The van der Waals surface area contributed by atoms with E-state index < -0.39 is 5.54 Å². The number of thioether (sulfide) groups is 1. The summed E-state index contributed by atoms with van der Waals surface area (Å²) in [4.78, 5) is 30.2. The molecule has 7 nitrogen and oxygen atoms in total. The van der Waals surface area contributed by atoms with Crippen molar-refractivity contribution in [2.45, 2.75) is 24.9 Å². The largest absolute Gasteiger partial charge is 0.337 e. The Morgan fingerprint density at radius 3 is 2.88 bits per heavy atom. The Hall–Kier alpha value is -2.35. The molecule has 3 heterocycles. The molecule has 2 aromatic rings. The van der Waals surface area contributed by atoms with Crippen LogP contribution < -0.4 is 5.32 Å². The van der Waals surface area contributed by atoms with Crippen molar-refractivity contribution < 1.29 is 14.1 Å². The number of amides is 3. The molecular weight excluding hydrogens is 328 g/mol. The molecule has 2 aliphatic heterocycles. The van der Waals surface area contributed by atoms with Crippen LogP contribution >= 0.6 is 11.8 Å². The summed E-state index contributed by atoms with van der Waals surface area (Å²) in [6, 6.07) is 9.42. The molecule has 1 unspecified atom stereocenters. The molecule has 24 heavy (non-hydrogen) atoms. The van der Waals surface area contributed by atoms with Crippen LogP contribution in [0.4, 0.5) is 4.79 Å². The lowest BCUT2D eigenvalue weighted by Crippen LogP contribution is -2.46. The molecule has 3 amide bonds. The summed E-state index contributed by atoms with van der Waals surface area (Å²) in [5.41, 5.74) is 0.330. The van der Waals surface area contributed by atoms with Gasteiger partial charge in [0.15, 0.2) is 5.82 Å². The second-order valence-electron chi connectivity index (χ2n) is 5.97. The number of hydrogen-bond donors (Lipinski definition) is 1. The first kappa shape index (κ1) is 15.2. The number of hydrogen-bond acceptors (Lipinski definition) is 6. The van der Waals surface area contributed by atoms with Crippen molar-refractivity contribution in [1.29, 1.82) is 0 Å². The van der Waals surface area contributed by atoms with Crippen LogP contribution in [0.2, 0.25) is 0 Å². The van der Waals surface area contributed by atoms with Gasteiger partial charge in [-0.15, -0.1) is 0 Å². The van der Waals surface area contributed by atoms with Gasteiger partial charge in [-0.25, -0.2) is 4.79 Å². The van der Waals surface area contributed by atoms with Crippen LogP contribution in [0.1, 0.15) is 23.7 Å². The van der Waals surface area contributed by atoms with E-state index in [1.165, 1.54) is 4.90 Å². The second-order valence-corrected chi connectivity index (χ2v) is 7.08. The highest BCUT2D eigenvalue weighted by atomic mass is 32.2. The third kappa shape index (κ3) is 2.66. The fraction of sp³-hybridized carbons (Fsp3) is 0.375. The fourth-order valence-corrected chi connectivity index (χ4v) is 4.32. The van der Waals surface area contributed by atoms with Crippen LogP contribution in [0.5, 0.6) is 0 Å². The van der Waals surface area contributed by atoms with E-state index in [-0.39, 0.29) is 24.4 Å². The van der Waals surface area contributed by atoms with Gasteiger partial charge in [0.1, 0.15) is 12.1 Å². The molecular formula is C16H16N4O3S. The van der Waals surface area contributed by atoms with Crippen molar-refractivity contribution >= 4 is 23.7 Å². The molecule has 0 bridgehead atoms. The lowest BCUT2D eigenvalue weighted by Gasteiger charge is -2.18. The Labute approximate surface area is 142 Å². The molecule has 1 spiro atoms. The molecule has 0 aliphatic carbocycles. The number of carbonyl (C=O) groups is 2. The summed E-state index contributed by atoms with van der Waals surface area (Å²) < 4.78 is 5.21. The molecule has 1 N–H and O–H groups in total. The highest BCUT2D eigenvalue weighted by Gasteiger charge is 2.53. The third-order valence-electron chi connectivity index (χ3n) is 4.28. The summed E-state index contributed by atoms with van der Waals surface area (Å²) >= 11 is 1.68. The Morgan fingerprint density at radius 1 is 1.29 bits per heavy atom. The molecule has 0 radical (unpaired) electrons. The highest BCUT2D eigenvalue weighted by molar-refractivity contribution is 7.99. The van der Waals surface area contributed by atoms with Gasteiger partial charge in [0.05, 0.1) is 0 Å². The van der Waals surface area contributed by atoms with Gasteiger partial charge in [0, 0.05) is 12.2 Å². The zero-order chi connectivity index (χ0) is 16.6. The Morgan fingerprint density at radius 2 is 2.12 bits per heavy atom. The first-order valence-electron chi connectivity index (χ1n) is 7.74. The van der Waals surface area contributed by atoms with Gasteiger partial charge >= 0.3 is 6.03 Å². The summed E-state index contributed by atoms with van der Waals surface area (Å²) in [7, 11) is 0. The molecule has 1 atom stereocenters. The van der Waals surface area contributed by atoms with Crippen LogP contribution in [-0.2, 0) is 17.8 Å².